The number of hydrogen-bond donors (Lipinski definition) is 0. The number of fused-ring (bicyclic) bond motifs is 1. The number of hydrogen-bond acceptors (Lipinski definition) is 7. The van der Waals surface area contributed by atoms with Crippen LogP contribution in [0.3, 0.4) is 0 Å². The van der Waals surface area contributed by atoms with Crippen LogP contribution < -0.4 is 4.74 Å². The quantitative estimate of drug-likeness (QED) is 0.243. The minimum absolute atomic E-state index is 0.0327. The summed E-state index contributed by atoms with van der Waals surface area (Å²) < 4.78 is 37.3. The SMILES string of the molecule is CCOC(=O)COC[C@@H](C)COc1ncnc2oc(-c3ccccc3F)c(-c3ccc(CC)cc3)c12. The maximum absolute atomic E-state index is 14.8. The van der Waals surface area contributed by atoms with E-state index in [1.54, 1.807) is 25.1 Å². The Hall–Kier alpha value is -3.78. The highest BCUT2D eigenvalue weighted by Crippen LogP contribution is 2.44. The predicted molar refractivity (Wildman–Crippen MR) is 134 cm³/mol. The normalized spacial score (nSPS) is 12.0. The first-order valence-corrected chi connectivity index (χ1v) is 12.0. The van der Waals surface area contributed by atoms with Gasteiger partial charge in [-0.3, -0.25) is 0 Å². The zero-order chi connectivity index (χ0) is 25.5. The van der Waals surface area contributed by atoms with Gasteiger partial charge in [0.25, 0.3) is 0 Å². The highest BCUT2D eigenvalue weighted by molar-refractivity contribution is 6.03. The van der Waals surface area contributed by atoms with Crippen molar-refractivity contribution in [2.45, 2.75) is 27.2 Å². The van der Waals surface area contributed by atoms with E-state index in [0.717, 1.165) is 12.0 Å². The van der Waals surface area contributed by atoms with Crippen molar-refractivity contribution in [2.24, 2.45) is 5.92 Å². The molecule has 2 aromatic heterocycles. The molecule has 0 bridgehead atoms. The number of ether oxygens (including phenoxy) is 3. The molecule has 188 valence electrons. The zero-order valence-electron chi connectivity index (χ0n) is 20.6. The third-order valence-corrected chi connectivity index (χ3v) is 5.66. The van der Waals surface area contributed by atoms with Crippen molar-refractivity contribution in [2.75, 3.05) is 26.4 Å². The molecule has 0 aliphatic rings. The van der Waals surface area contributed by atoms with Crippen molar-refractivity contribution in [3.05, 3.63) is 66.2 Å². The Labute approximate surface area is 209 Å². The molecule has 8 heteroatoms. The van der Waals surface area contributed by atoms with E-state index in [9.17, 15) is 9.18 Å². The lowest BCUT2D eigenvalue weighted by Gasteiger charge is -2.13. The van der Waals surface area contributed by atoms with Crippen LogP contribution in [0.2, 0.25) is 0 Å². The molecule has 0 amide bonds. The number of nitrogens with zero attached hydrogens (tertiary/aromatic N) is 2. The average Bonchev–Trinajstić information content (AvgIpc) is 3.28. The average molecular weight is 493 g/mol. The van der Waals surface area contributed by atoms with Crippen LogP contribution in [0.5, 0.6) is 5.88 Å². The smallest absolute Gasteiger partial charge is 0.332 e. The number of rotatable bonds is 11. The lowest BCUT2D eigenvalue weighted by atomic mass is 9.98. The molecule has 4 rings (SSSR count). The maximum Gasteiger partial charge on any atom is 0.332 e. The van der Waals surface area contributed by atoms with Gasteiger partial charge in [-0.05, 0) is 36.6 Å². The highest BCUT2D eigenvalue weighted by atomic mass is 19.1. The van der Waals surface area contributed by atoms with Crippen molar-refractivity contribution in [3.63, 3.8) is 0 Å². The zero-order valence-corrected chi connectivity index (χ0v) is 20.6. The summed E-state index contributed by atoms with van der Waals surface area (Å²) in [7, 11) is 0. The van der Waals surface area contributed by atoms with E-state index in [2.05, 4.69) is 16.9 Å². The minimum atomic E-state index is -0.402. The third-order valence-electron chi connectivity index (χ3n) is 5.66. The van der Waals surface area contributed by atoms with Gasteiger partial charge in [0.05, 0.1) is 25.4 Å². The fraction of sp³-hybridized carbons (Fsp3) is 0.321. The fourth-order valence-electron chi connectivity index (χ4n) is 3.85. The lowest BCUT2D eigenvalue weighted by molar-refractivity contribution is -0.148. The summed E-state index contributed by atoms with van der Waals surface area (Å²) in [6, 6.07) is 14.5. The van der Waals surface area contributed by atoms with Gasteiger partial charge in [0, 0.05) is 11.5 Å². The molecular weight excluding hydrogens is 463 g/mol. The summed E-state index contributed by atoms with van der Waals surface area (Å²) in [5, 5.41) is 0.569. The molecule has 0 spiro atoms. The van der Waals surface area contributed by atoms with Crippen LogP contribution >= 0.6 is 0 Å². The molecule has 2 heterocycles. The van der Waals surface area contributed by atoms with Gasteiger partial charge in [0.15, 0.2) is 0 Å². The Morgan fingerprint density at radius 3 is 2.56 bits per heavy atom. The second kappa shape index (κ2) is 11.8. The highest BCUT2D eigenvalue weighted by Gasteiger charge is 2.24. The van der Waals surface area contributed by atoms with Crippen LogP contribution in [0.1, 0.15) is 26.3 Å². The van der Waals surface area contributed by atoms with Crippen molar-refractivity contribution in [3.8, 4) is 28.3 Å². The van der Waals surface area contributed by atoms with Crippen LogP contribution in [-0.2, 0) is 20.7 Å². The molecule has 7 nitrogen and oxygen atoms in total. The van der Waals surface area contributed by atoms with Gasteiger partial charge in [-0.2, -0.15) is 0 Å². The number of aryl methyl sites for hydroxylation is 1. The Morgan fingerprint density at radius 2 is 1.83 bits per heavy atom. The van der Waals surface area contributed by atoms with Crippen molar-refractivity contribution in [1.82, 2.24) is 9.97 Å². The molecule has 2 aromatic carbocycles. The second-order valence-corrected chi connectivity index (χ2v) is 8.43. The number of furan rings is 1. The summed E-state index contributed by atoms with van der Waals surface area (Å²) in [5.41, 5.74) is 3.33. The van der Waals surface area contributed by atoms with Crippen LogP contribution in [-0.4, -0.2) is 42.4 Å². The topological polar surface area (TPSA) is 83.7 Å². The molecule has 0 radical (unpaired) electrons. The number of aromatic nitrogens is 2. The molecule has 0 aliphatic carbocycles. The van der Waals surface area contributed by atoms with Gasteiger partial charge in [-0.1, -0.05) is 50.2 Å². The van der Waals surface area contributed by atoms with Crippen molar-refractivity contribution in [1.29, 1.82) is 0 Å². The van der Waals surface area contributed by atoms with Crippen LogP contribution in [0.4, 0.5) is 4.39 Å². The molecule has 1 atom stereocenters. The molecule has 0 aliphatic heterocycles. The van der Waals surface area contributed by atoms with Gasteiger partial charge >= 0.3 is 5.97 Å². The summed E-state index contributed by atoms with van der Waals surface area (Å²) in [6.45, 7) is 6.57. The summed E-state index contributed by atoms with van der Waals surface area (Å²) in [6.07, 6.45) is 2.26. The monoisotopic (exact) mass is 492 g/mol. The summed E-state index contributed by atoms with van der Waals surface area (Å²) in [4.78, 5) is 20.1. The summed E-state index contributed by atoms with van der Waals surface area (Å²) in [5.74, 6) is -0.136. The number of carbonyl (C=O) groups excluding carboxylic acids is 1. The van der Waals surface area contributed by atoms with E-state index < -0.39 is 11.8 Å². The first-order valence-electron chi connectivity index (χ1n) is 12.0. The standard InChI is InChI=1S/C28H29FN2O5/c1-4-19-10-12-20(13-11-19)24-25-27(35-15-18(3)14-33-16-23(32)34-5-2)30-17-31-28(25)36-26(24)21-8-6-7-9-22(21)29/h6-13,17-18H,4-5,14-16H2,1-3H3/t18-/m1/s1. The molecule has 4 aromatic rings. The Balaban J connectivity index is 1.67. The Kier molecular flexibility index (Phi) is 8.28. The van der Waals surface area contributed by atoms with Gasteiger partial charge in [0.1, 0.15) is 29.9 Å². The molecule has 0 unspecified atom stereocenters. The van der Waals surface area contributed by atoms with E-state index in [0.29, 0.717) is 47.1 Å². The maximum atomic E-state index is 14.8. The first kappa shape index (κ1) is 25.3. The third kappa shape index (κ3) is 5.71. The molecule has 0 fully saturated rings. The molecule has 36 heavy (non-hydrogen) atoms. The van der Waals surface area contributed by atoms with Crippen molar-refractivity contribution < 1.29 is 27.8 Å². The number of benzene rings is 2. The van der Waals surface area contributed by atoms with E-state index >= 15 is 0 Å². The Bertz CT molecular complexity index is 1320. The molecule has 0 saturated heterocycles. The Morgan fingerprint density at radius 1 is 1.06 bits per heavy atom. The van der Waals surface area contributed by atoms with Crippen LogP contribution in [0, 0.1) is 11.7 Å². The van der Waals surface area contributed by atoms with Gasteiger partial charge in [-0.25, -0.2) is 19.2 Å². The largest absolute Gasteiger partial charge is 0.477 e. The number of carbonyl (C=O) groups is 1. The van der Waals surface area contributed by atoms with E-state index in [-0.39, 0.29) is 19.1 Å². The van der Waals surface area contributed by atoms with E-state index in [1.165, 1.54) is 18.0 Å². The first-order chi connectivity index (χ1) is 17.5. The molecule has 0 saturated carbocycles. The molecular formula is C28H29FN2O5. The lowest BCUT2D eigenvalue weighted by Crippen LogP contribution is -2.19. The minimum Gasteiger partial charge on any atom is -0.477 e. The predicted octanol–water partition coefficient (Wildman–Crippen LogP) is 5.85. The van der Waals surface area contributed by atoms with Gasteiger partial charge in [-0.15, -0.1) is 0 Å². The number of halogens is 1. The van der Waals surface area contributed by atoms with Crippen molar-refractivity contribution >= 4 is 17.1 Å². The van der Waals surface area contributed by atoms with Crippen LogP contribution in [0.15, 0.2) is 59.3 Å². The van der Waals surface area contributed by atoms with E-state index in [1.807, 2.05) is 31.2 Å². The number of esters is 1. The summed E-state index contributed by atoms with van der Waals surface area (Å²) >= 11 is 0. The van der Waals surface area contributed by atoms with Crippen LogP contribution in [0.25, 0.3) is 33.6 Å². The van der Waals surface area contributed by atoms with Gasteiger partial charge in [0.2, 0.25) is 11.6 Å². The van der Waals surface area contributed by atoms with E-state index in [4.69, 9.17) is 18.6 Å². The second-order valence-electron chi connectivity index (χ2n) is 8.43. The van der Waals surface area contributed by atoms with Gasteiger partial charge < -0.3 is 18.6 Å². The fourth-order valence-corrected chi connectivity index (χ4v) is 3.85. The molecule has 0 N–H and O–H groups in total.